The highest BCUT2D eigenvalue weighted by molar-refractivity contribution is 7.99. The Hall–Kier alpha value is -1.10. The molecule has 0 aromatic carbocycles. The van der Waals surface area contributed by atoms with Crippen LogP contribution in [0.4, 0.5) is 4.39 Å². The highest BCUT2D eigenvalue weighted by Crippen LogP contribution is 2.36. The first-order chi connectivity index (χ1) is 8.25. The van der Waals surface area contributed by atoms with Crippen molar-refractivity contribution in [1.82, 2.24) is 9.88 Å². The van der Waals surface area contributed by atoms with Crippen LogP contribution in [0.25, 0.3) is 0 Å². The van der Waals surface area contributed by atoms with Crippen molar-refractivity contribution in [3.8, 4) is 0 Å². The molecule has 1 amide bonds. The number of aromatic nitrogens is 1. The molecule has 2 saturated heterocycles. The van der Waals surface area contributed by atoms with Crippen LogP contribution >= 0.6 is 11.8 Å². The lowest BCUT2D eigenvalue weighted by molar-refractivity contribution is 0.0779. The second kappa shape index (κ2) is 4.29. The Kier molecular flexibility index (Phi) is 2.78. The Morgan fingerprint density at radius 1 is 1.41 bits per heavy atom. The standard InChI is InChI=1S/C12H13FN2OS/c13-11-10(2-1-3-14-11)12(16)15-4-8-6-17-7-9(8)5-15/h1-3,8-9H,4-7H2/t8-,9+. The van der Waals surface area contributed by atoms with Crippen molar-refractivity contribution in [3.63, 3.8) is 0 Å². The van der Waals surface area contributed by atoms with Gasteiger partial charge in [-0.15, -0.1) is 0 Å². The van der Waals surface area contributed by atoms with Gasteiger partial charge in [0.1, 0.15) is 0 Å². The van der Waals surface area contributed by atoms with Crippen molar-refractivity contribution in [3.05, 3.63) is 29.8 Å². The summed E-state index contributed by atoms with van der Waals surface area (Å²) in [6.07, 6.45) is 1.36. The van der Waals surface area contributed by atoms with Gasteiger partial charge in [0.05, 0.1) is 5.56 Å². The van der Waals surface area contributed by atoms with Gasteiger partial charge in [-0.1, -0.05) is 0 Å². The van der Waals surface area contributed by atoms with Gasteiger partial charge in [0.25, 0.3) is 5.91 Å². The van der Waals surface area contributed by atoms with Crippen LogP contribution in [0.2, 0.25) is 0 Å². The summed E-state index contributed by atoms with van der Waals surface area (Å²) in [6.45, 7) is 1.54. The van der Waals surface area contributed by atoms with Gasteiger partial charge in [0, 0.05) is 19.3 Å². The van der Waals surface area contributed by atoms with Crippen molar-refractivity contribution < 1.29 is 9.18 Å². The molecule has 0 bridgehead atoms. The fourth-order valence-electron chi connectivity index (χ4n) is 2.57. The van der Waals surface area contributed by atoms with Crippen molar-refractivity contribution in [2.45, 2.75) is 0 Å². The van der Waals surface area contributed by atoms with Crippen LogP contribution in [0.5, 0.6) is 0 Å². The number of carbonyl (C=O) groups excluding carboxylic acids is 1. The largest absolute Gasteiger partial charge is 0.338 e. The van der Waals surface area contributed by atoms with Crippen molar-refractivity contribution in [1.29, 1.82) is 0 Å². The molecule has 2 fully saturated rings. The molecule has 0 aliphatic carbocycles. The van der Waals surface area contributed by atoms with E-state index in [1.807, 2.05) is 11.8 Å². The zero-order valence-electron chi connectivity index (χ0n) is 9.30. The first-order valence-electron chi connectivity index (χ1n) is 5.73. The maximum atomic E-state index is 13.4. The minimum absolute atomic E-state index is 0.0973. The molecular weight excluding hydrogens is 239 g/mol. The van der Waals surface area contributed by atoms with E-state index < -0.39 is 5.95 Å². The Labute approximate surface area is 103 Å². The van der Waals surface area contributed by atoms with E-state index in [1.54, 1.807) is 11.0 Å². The predicted molar refractivity (Wildman–Crippen MR) is 64.4 cm³/mol. The summed E-state index contributed by atoms with van der Waals surface area (Å²) in [4.78, 5) is 17.4. The van der Waals surface area contributed by atoms with E-state index in [4.69, 9.17) is 0 Å². The number of likely N-dealkylation sites (tertiary alicyclic amines) is 1. The molecule has 2 aliphatic rings. The highest BCUT2D eigenvalue weighted by Gasteiger charge is 2.39. The van der Waals surface area contributed by atoms with E-state index in [-0.39, 0.29) is 11.5 Å². The number of pyridine rings is 1. The molecule has 3 nitrogen and oxygen atoms in total. The van der Waals surface area contributed by atoms with Gasteiger partial charge in [0.15, 0.2) is 0 Å². The molecule has 0 radical (unpaired) electrons. The molecule has 3 heterocycles. The van der Waals surface area contributed by atoms with Crippen LogP contribution in [-0.2, 0) is 0 Å². The van der Waals surface area contributed by atoms with E-state index in [0.29, 0.717) is 11.8 Å². The zero-order chi connectivity index (χ0) is 11.8. The molecule has 0 unspecified atom stereocenters. The summed E-state index contributed by atoms with van der Waals surface area (Å²) in [5.41, 5.74) is 0.0973. The number of fused-ring (bicyclic) bond motifs is 1. The Morgan fingerprint density at radius 2 is 2.12 bits per heavy atom. The van der Waals surface area contributed by atoms with Gasteiger partial charge in [-0.25, -0.2) is 4.98 Å². The quantitative estimate of drug-likeness (QED) is 0.713. The van der Waals surface area contributed by atoms with Crippen LogP contribution in [0.15, 0.2) is 18.3 Å². The lowest BCUT2D eigenvalue weighted by Gasteiger charge is -2.17. The fourth-order valence-corrected chi connectivity index (χ4v) is 4.07. The van der Waals surface area contributed by atoms with E-state index in [0.717, 1.165) is 24.6 Å². The Balaban J connectivity index is 1.78. The Bertz CT molecular complexity index is 442. The van der Waals surface area contributed by atoms with E-state index >= 15 is 0 Å². The van der Waals surface area contributed by atoms with E-state index in [1.165, 1.54) is 12.3 Å². The molecule has 0 spiro atoms. The third-order valence-corrected chi connectivity index (χ3v) is 4.84. The van der Waals surface area contributed by atoms with Crippen LogP contribution in [-0.4, -0.2) is 40.4 Å². The van der Waals surface area contributed by atoms with Crippen molar-refractivity contribution >= 4 is 17.7 Å². The van der Waals surface area contributed by atoms with Crippen LogP contribution in [0, 0.1) is 17.8 Å². The first-order valence-corrected chi connectivity index (χ1v) is 6.88. The summed E-state index contributed by atoms with van der Waals surface area (Å²) >= 11 is 1.95. The normalized spacial score (nSPS) is 27.2. The van der Waals surface area contributed by atoms with Gasteiger partial charge in [-0.05, 0) is 35.5 Å². The van der Waals surface area contributed by atoms with Crippen molar-refractivity contribution in [2.24, 2.45) is 11.8 Å². The molecular formula is C12H13FN2OS. The van der Waals surface area contributed by atoms with E-state index in [9.17, 15) is 9.18 Å². The smallest absolute Gasteiger partial charge is 0.258 e. The summed E-state index contributed by atoms with van der Waals surface area (Å²) in [5, 5.41) is 0. The molecule has 1 aromatic rings. The molecule has 5 heteroatoms. The van der Waals surface area contributed by atoms with Crippen LogP contribution in [0.1, 0.15) is 10.4 Å². The predicted octanol–water partition coefficient (Wildman–Crippen LogP) is 1.66. The Morgan fingerprint density at radius 3 is 2.76 bits per heavy atom. The molecule has 0 N–H and O–H groups in total. The minimum Gasteiger partial charge on any atom is -0.338 e. The molecule has 2 aliphatic heterocycles. The number of hydrogen-bond acceptors (Lipinski definition) is 3. The fraction of sp³-hybridized carbons (Fsp3) is 0.500. The maximum Gasteiger partial charge on any atom is 0.258 e. The van der Waals surface area contributed by atoms with Crippen molar-refractivity contribution in [2.75, 3.05) is 24.6 Å². The number of halogens is 1. The molecule has 90 valence electrons. The number of rotatable bonds is 1. The summed E-state index contributed by atoms with van der Waals surface area (Å²) in [5.74, 6) is 2.58. The number of thioether (sulfide) groups is 1. The molecule has 17 heavy (non-hydrogen) atoms. The lowest BCUT2D eigenvalue weighted by atomic mass is 10.0. The SMILES string of the molecule is O=C(c1cccnc1F)N1C[C@H]2CSC[C@H]2C1. The average molecular weight is 252 g/mol. The second-order valence-corrected chi connectivity index (χ2v) is 5.68. The number of amides is 1. The van der Waals surface area contributed by atoms with Crippen LogP contribution in [0.3, 0.4) is 0 Å². The number of carbonyl (C=O) groups is 1. The van der Waals surface area contributed by atoms with Gasteiger partial charge >= 0.3 is 0 Å². The van der Waals surface area contributed by atoms with Gasteiger partial charge in [-0.2, -0.15) is 16.2 Å². The zero-order valence-corrected chi connectivity index (χ0v) is 10.1. The molecule has 1 aromatic heterocycles. The monoisotopic (exact) mass is 252 g/mol. The highest BCUT2D eigenvalue weighted by atomic mass is 32.2. The topological polar surface area (TPSA) is 33.2 Å². The number of nitrogens with zero attached hydrogens (tertiary/aromatic N) is 2. The molecule has 3 rings (SSSR count). The summed E-state index contributed by atoms with van der Waals surface area (Å²) in [7, 11) is 0. The van der Waals surface area contributed by atoms with Gasteiger partial charge in [0.2, 0.25) is 5.95 Å². The number of hydrogen-bond donors (Lipinski definition) is 0. The lowest BCUT2D eigenvalue weighted by Crippen LogP contribution is -2.30. The summed E-state index contributed by atoms with van der Waals surface area (Å²) < 4.78 is 13.4. The van der Waals surface area contributed by atoms with Crippen LogP contribution < -0.4 is 0 Å². The third-order valence-electron chi connectivity index (χ3n) is 3.52. The van der Waals surface area contributed by atoms with Gasteiger partial charge in [-0.3, -0.25) is 4.79 Å². The molecule has 2 atom stereocenters. The van der Waals surface area contributed by atoms with E-state index in [2.05, 4.69) is 4.98 Å². The average Bonchev–Trinajstić information content (AvgIpc) is 2.88. The minimum atomic E-state index is -0.663. The maximum absolute atomic E-state index is 13.4. The molecule has 0 saturated carbocycles. The first kappa shape index (κ1) is 11.0. The van der Waals surface area contributed by atoms with Gasteiger partial charge < -0.3 is 4.90 Å². The summed E-state index contributed by atoms with van der Waals surface area (Å²) in [6, 6.07) is 3.11. The third kappa shape index (κ3) is 1.92. The second-order valence-electron chi connectivity index (χ2n) is 4.61.